The Labute approximate surface area is 173 Å². The number of para-hydroxylation sites is 1. The molecule has 0 saturated heterocycles. The van der Waals surface area contributed by atoms with Crippen molar-refractivity contribution in [1.29, 1.82) is 0 Å². The molecular weight excluding hydrogens is 410 g/mol. The van der Waals surface area contributed by atoms with Crippen molar-refractivity contribution in [3.8, 4) is 16.4 Å². The number of ether oxygens (including phenoxy) is 1. The second-order valence-corrected chi connectivity index (χ2v) is 7.81. The standard InChI is InChI=1S/C19H15N5O3S2/c1-11-14(18(26)27-2)29-19(20-11)22-17(25)15-21-16(13-9-6-10-28-13)24(23-15)12-7-4-3-5-8-12/h3-10H,1-2H3,(H,20,22,25). The van der Waals surface area contributed by atoms with Crippen LogP contribution in [0.15, 0.2) is 47.8 Å². The Balaban J connectivity index is 1.67. The fourth-order valence-electron chi connectivity index (χ4n) is 2.61. The lowest BCUT2D eigenvalue weighted by Gasteiger charge is -2.03. The molecule has 0 aliphatic rings. The molecule has 0 bridgehead atoms. The van der Waals surface area contributed by atoms with Crippen LogP contribution in [0.1, 0.15) is 26.0 Å². The van der Waals surface area contributed by atoms with E-state index in [0.29, 0.717) is 16.4 Å². The molecule has 0 spiro atoms. The van der Waals surface area contributed by atoms with Crippen LogP contribution < -0.4 is 5.32 Å². The summed E-state index contributed by atoms with van der Waals surface area (Å²) in [7, 11) is 1.30. The number of aromatic nitrogens is 4. The predicted octanol–water partition coefficient (Wildman–Crippen LogP) is 3.80. The van der Waals surface area contributed by atoms with Crippen molar-refractivity contribution in [2.45, 2.75) is 6.92 Å². The number of nitrogens with one attached hydrogen (secondary N) is 1. The number of methoxy groups -OCH3 is 1. The van der Waals surface area contributed by atoms with Crippen LogP contribution in [0.25, 0.3) is 16.4 Å². The Hall–Kier alpha value is -3.37. The lowest BCUT2D eigenvalue weighted by atomic mass is 10.3. The summed E-state index contributed by atoms with van der Waals surface area (Å²) in [4.78, 5) is 34.4. The van der Waals surface area contributed by atoms with Crippen LogP contribution in [0.2, 0.25) is 0 Å². The SMILES string of the molecule is COC(=O)c1sc(NC(=O)c2nc(-c3cccs3)n(-c3ccccc3)n2)nc1C. The number of esters is 1. The van der Waals surface area contributed by atoms with E-state index >= 15 is 0 Å². The number of hydrogen-bond acceptors (Lipinski definition) is 8. The molecule has 1 amide bonds. The molecule has 4 aromatic rings. The fourth-order valence-corrected chi connectivity index (χ4v) is 4.19. The maximum absolute atomic E-state index is 12.7. The number of aryl methyl sites for hydroxylation is 1. The first-order chi connectivity index (χ1) is 14.1. The van der Waals surface area contributed by atoms with Crippen LogP contribution in [0.4, 0.5) is 5.13 Å². The summed E-state index contributed by atoms with van der Waals surface area (Å²) >= 11 is 2.55. The van der Waals surface area contributed by atoms with Crippen LogP contribution in [0, 0.1) is 6.92 Å². The lowest BCUT2D eigenvalue weighted by Crippen LogP contribution is -2.14. The molecule has 1 aromatic carbocycles. The lowest BCUT2D eigenvalue weighted by molar-refractivity contribution is 0.0605. The highest BCUT2D eigenvalue weighted by molar-refractivity contribution is 7.17. The van der Waals surface area contributed by atoms with E-state index in [1.807, 2.05) is 47.8 Å². The van der Waals surface area contributed by atoms with Gasteiger partial charge in [0, 0.05) is 0 Å². The van der Waals surface area contributed by atoms with Gasteiger partial charge in [0.2, 0.25) is 5.82 Å². The molecule has 29 heavy (non-hydrogen) atoms. The quantitative estimate of drug-likeness (QED) is 0.488. The summed E-state index contributed by atoms with van der Waals surface area (Å²) in [6.45, 7) is 1.68. The zero-order valence-corrected chi connectivity index (χ0v) is 17.1. The van der Waals surface area contributed by atoms with E-state index in [-0.39, 0.29) is 11.0 Å². The monoisotopic (exact) mass is 425 g/mol. The van der Waals surface area contributed by atoms with E-state index in [4.69, 9.17) is 4.74 Å². The highest BCUT2D eigenvalue weighted by Crippen LogP contribution is 2.27. The first-order valence-electron chi connectivity index (χ1n) is 8.50. The Bertz CT molecular complexity index is 1170. The topological polar surface area (TPSA) is 99.0 Å². The molecule has 0 atom stereocenters. The molecule has 8 nitrogen and oxygen atoms in total. The zero-order chi connectivity index (χ0) is 20.4. The van der Waals surface area contributed by atoms with E-state index in [9.17, 15) is 9.59 Å². The number of benzene rings is 1. The molecule has 0 fully saturated rings. The van der Waals surface area contributed by atoms with Gasteiger partial charge in [-0.15, -0.1) is 16.4 Å². The van der Waals surface area contributed by atoms with Crippen molar-refractivity contribution < 1.29 is 14.3 Å². The van der Waals surface area contributed by atoms with Gasteiger partial charge in [-0.25, -0.2) is 19.4 Å². The Morgan fingerprint density at radius 1 is 1.10 bits per heavy atom. The van der Waals surface area contributed by atoms with E-state index in [1.54, 1.807) is 11.6 Å². The number of thiophene rings is 1. The second-order valence-electron chi connectivity index (χ2n) is 5.86. The number of carbonyl (C=O) groups is 2. The number of anilines is 1. The summed E-state index contributed by atoms with van der Waals surface area (Å²) in [6, 6.07) is 13.3. The normalized spacial score (nSPS) is 10.7. The predicted molar refractivity (Wildman–Crippen MR) is 111 cm³/mol. The molecule has 0 unspecified atom stereocenters. The number of hydrogen-bond donors (Lipinski definition) is 1. The minimum Gasteiger partial charge on any atom is -0.465 e. The van der Waals surface area contributed by atoms with Crippen LogP contribution in [-0.2, 0) is 4.74 Å². The van der Waals surface area contributed by atoms with Crippen molar-refractivity contribution >= 4 is 39.7 Å². The zero-order valence-electron chi connectivity index (χ0n) is 15.4. The van der Waals surface area contributed by atoms with Crippen LogP contribution in [-0.4, -0.2) is 38.7 Å². The Morgan fingerprint density at radius 3 is 2.59 bits per heavy atom. The molecule has 10 heteroatoms. The first-order valence-corrected chi connectivity index (χ1v) is 10.2. The second kappa shape index (κ2) is 7.94. The molecule has 0 saturated carbocycles. The highest BCUT2D eigenvalue weighted by Gasteiger charge is 2.22. The summed E-state index contributed by atoms with van der Waals surface area (Å²) < 4.78 is 6.35. The summed E-state index contributed by atoms with van der Waals surface area (Å²) in [6.07, 6.45) is 0. The van der Waals surface area contributed by atoms with Gasteiger partial charge in [-0.3, -0.25) is 10.1 Å². The maximum Gasteiger partial charge on any atom is 0.350 e. The van der Waals surface area contributed by atoms with Crippen LogP contribution >= 0.6 is 22.7 Å². The molecule has 1 N–H and O–H groups in total. The van der Waals surface area contributed by atoms with E-state index in [2.05, 4.69) is 20.4 Å². The summed E-state index contributed by atoms with van der Waals surface area (Å²) in [5, 5.41) is 9.28. The van der Waals surface area contributed by atoms with Crippen molar-refractivity contribution in [3.63, 3.8) is 0 Å². The van der Waals surface area contributed by atoms with Gasteiger partial charge < -0.3 is 4.74 Å². The van der Waals surface area contributed by atoms with Gasteiger partial charge >= 0.3 is 5.97 Å². The third-order valence-corrected chi connectivity index (χ3v) is 5.86. The number of rotatable bonds is 5. The van der Waals surface area contributed by atoms with Crippen molar-refractivity contribution in [3.05, 3.63) is 64.2 Å². The van der Waals surface area contributed by atoms with Gasteiger partial charge in [0.25, 0.3) is 5.91 Å². The van der Waals surface area contributed by atoms with Crippen molar-refractivity contribution in [1.82, 2.24) is 19.7 Å². The van der Waals surface area contributed by atoms with Crippen LogP contribution in [0.5, 0.6) is 0 Å². The molecule has 3 heterocycles. The number of thiazole rings is 1. The molecule has 0 aliphatic carbocycles. The number of carbonyl (C=O) groups excluding carboxylic acids is 2. The molecule has 146 valence electrons. The minimum absolute atomic E-state index is 0.00437. The van der Waals surface area contributed by atoms with Gasteiger partial charge in [-0.1, -0.05) is 35.6 Å². The average molecular weight is 425 g/mol. The van der Waals surface area contributed by atoms with Crippen LogP contribution in [0.3, 0.4) is 0 Å². The van der Waals surface area contributed by atoms with Gasteiger partial charge in [-0.05, 0) is 30.5 Å². The van der Waals surface area contributed by atoms with E-state index < -0.39 is 11.9 Å². The van der Waals surface area contributed by atoms with Crippen molar-refractivity contribution in [2.24, 2.45) is 0 Å². The van der Waals surface area contributed by atoms with Gasteiger partial charge in [-0.2, -0.15) is 0 Å². The maximum atomic E-state index is 12.7. The molecule has 4 rings (SSSR count). The first kappa shape index (κ1) is 19.0. The Morgan fingerprint density at radius 2 is 1.90 bits per heavy atom. The highest BCUT2D eigenvalue weighted by atomic mass is 32.1. The summed E-state index contributed by atoms with van der Waals surface area (Å²) in [5.74, 6) is -0.429. The summed E-state index contributed by atoms with van der Waals surface area (Å²) in [5.41, 5.74) is 1.28. The smallest absolute Gasteiger partial charge is 0.350 e. The average Bonchev–Trinajstić information content (AvgIpc) is 3.47. The third-order valence-electron chi connectivity index (χ3n) is 3.94. The fraction of sp³-hybridized carbons (Fsp3) is 0.105. The minimum atomic E-state index is -0.511. The molecule has 3 aromatic heterocycles. The van der Waals surface area contributed by atoms with Gasteiger partial charge in [0.1, 0.15) is 4.88 Å². The molecule has 0 radical (unpaired) electrons. The van der Waals surface area contributed by atoms with Crippen molar-refractivity contribution in [2.75, 3.05) is 12.4 Å². The van der Waals surface area contributed by atoms with Gasteiger partial charge in [0.05, 0.1) is 23.4 Å². The number of amides is 1. The Kier molecular flexibility index (Phi) is 5.19. The van der Waals surface area contributed by atoms with E-state index in [1.165, 1.54) is 18.4 Å². The molecular formula is C19H15N5O3S2. The van der Waals surface area contributed by atoms with Gasteiger partial charge in [0.15, 0.2) is 11.0 Å². The van der Waals surface area contributed by atoms with E-state index in [0.717, 1.165) is 21.9 Å². The third kappa shape index (κ3) is 3.80. The largest absolute Gasteiger partial charge is 0.465 e. The molecule has 0 aliphatic heterocycles. The number of nitrogens with zero attached hydrogens (tertiary/aromatic N) is 4.